The molecule has 0 unspecified atom stereocenters. The predicted molar refractivity (Wildman–Crippen MR) is 58.2 cm³/mol. The highest BCUT2D eigenvalue weighted by molar-refractivity contribution is 5.91. The molecule has 0 aromatic carbocycles. The van der Waals surface area contributed by atoms with Crippen molar-refractivity contribution in [1.29, 1.82) is 0 Å². The van der Waals surface area contributed by atoms with Crippen LogP contribution in [0.4, 0.5) is 0 Å². The van der Waals surface area contributed by atoms with Gasteiger partial charge in [-0.25, -0.2) is 4.79 Å². The number of esters is 1. The van der Waals surface area contributed by atoms with Crippen LogP contribution in [0.3, 0.4) is 0 Å². The number of H-pyrrole nitrogens is 1. The molecule has 1 aromatic rings. The van der Waals surface area contributed by atoms with Gasteiger partial charge < -0.3 is 14.8 Å². The summed E-state index contributed by atoms with van der Waals surface area (Å²) in [5.74, 6) is -1.53. The van der Waals surface area contributed by atoms with E-state index in [0.717, 1.165) is 0 Å². The average molecular weight is 239 g/mol. The fourth-order valence-electron chi connectivity index (χ4n) is 1.62. The van der Waals surface area contributed by atoms with Gasteiger partial charge in [-0.1, -0.05) is 0 Å². The van der Waals surface area contributed by atoms with E-state index in [1.165, 1.54) is 7.11 Å². The molecule has 0 aliphatic rings. The highest BCUT2D eigenvalue weighted by Gasteiger charge is 2.18. The molecule has 0 spiro atoms. The SMILES string of the molecule is COC(=O)CCc1c(C=O)[nH]c(C(=O)O)c1C. The fourth-order valence-corrected chi connectivity index (χ4v) is 1.62. The van der Waals surface area contributed by atoms with Gasteiger partial charge in [0.1, 0.15) is 5.69 Å². The van der Waals surface area contributed by atoms with Crippen molar-refractivity contribution in [3.63, 3.8) is 0 Å². The quantitative estimate of drug-likeness (QED) is 0.588. The number of aromatic nitrogens is 1. The van der Waals surface area contributed by atoms with Gasteiger partial charge in [-0.15, -0.1) is 0 Å². The number of nitrogens with one attached hydrogen (secondary N) is 1. The molecule has 2 N–H and O–H groups in total. The number of carboxylic acids is 1. The second-order valence-corrected chi connectivity index (χ2v) is 3.52. The molecule has 17 heavy (non-hydrogen) atoms. The molecule has 0 fully saturated rings. The molecule has 1 aromatic heterocycles. The lowest BCUT2D eigenvalue weighted by molar-refractivity contribution is -0.140. The number of rotatable bonds is 5. The lowest BCUT2D eigenvalue weighted by Gasteiger charge is -2.01. The van der Waals surface area contributed by atoms with Gasteiger partial charge in [-0.3, -0.25) is 9.59 Å². The summed E-state index contributed by atoms with van der Waals surface area (Å²) in [6, 6.07) is 0. The van der Waals surface area contributed by atoms with Crippen LogP contribution in [0.15, 0.2) is 0 Å². The van der Waals surface area contributed by atoms with Crippen LogP contribution >= 0.6 is 0 Å². The van der Waals surface area contributed by atoms with E-state index in [0.29, 0.717) is 17.4 Å². The van der Waals surface area contributed by atoms with Crippen LogP contribution in [0.2, 0.25) is 0 Å². The number of carbonyl (C=O) groups excluding carboxylic acids is 2. The van der Waals surface area contributed by atoms with Crippen LogP contribution in [-0.4, -0.2) is 35.4 Å². The Hall–Kier alpha value is -2.11. The maximum atomic E-state index is 11.0. The summed E-state index contributed by atoms with van der Waals surface area (Å²) in [7, 11) is 1.27. The van der Waals surface area contributed by atoms with Crippen molar-refractivity contribution < 1.29 is 24.2 Å². The van der Waals surface area contributed by atoms with E-state index in [1.807, 2.05) is 0 Å². The summed E-state index contributed by atoms with van der Waals surface area (Å²) in [6.07, 6.45) is 0.928. The van der Waals surface area contributed by atoms with E-state index >= 15 is 0 Å². The standard InChI is InChI=1S/C11H13NO5/c1-6-7(3-4-9(14)17-2)8(5-13)12-10(6)11(15)16/h5,12H,3-4H2,1-2H3,(H,15,16). The van der Waals surface area contributed by atoms with Crippen LogP contribution in [0.25, 0.3) is 0 Å². The van der Waals surface area contributed by atoms with Crippen molar-refractivity contribution in [3.8, 4) is 0 Å². The third-order valence-electron chi connectivity index (χ3n) is 2.55. The lowest BCUT2D eigenvalue weighted by Crippen LogP contribution is -2.03. The topological polar surface area (TPSA) is 96.5 Å². The van der Waals surface area contributed by atoms with E-state index in [-0.39, 0.29) is 24.2 Å². The van der Waals surface area contributed by atoms with Crippen LogP contribution in [0.1, 0.15) is 38.5 Å². The molecule has 92 valence electrons. The van der Waals surface area contributed by atoms with Gasteiger partial charge in [0.15, 0.2) is 6.29 Å². The predicted octanol–water partition coefficient (Wildman–Crippen LogP) is 0.939. The van der Waals surface area contributed by atoms with Crippen LogP contribution < -0.4 is 0 Å². The van der Waals surface area contributed by atoms with Crippen LogP contribution in [0.5, 0.6) is 0 Å². The zero-order valence-corrected chi connectivity index (χ0v) is 9.57. The van der Waals surface area contributed by atoms with Crippen molar-refractivity contribution in [2.24, 2.45) is 0 Å². The van der Waals surface area contributed by atoms with Gasteiger partial charge in [-0.05, 0) is 24.5 Å². The Morgan fingerprint density at radius 1 is 1.47 bits per heavy atom. The van der Waals surface area contributed by atoms with Crippen LogP contribution in [0, 0.1) is 6.92 Å². The van der Waals surface area contributed by atoms with Crippen molar-refractivity contribution in [2.75, 3.05) is 7.11 Å². The minimum Gasteiger partial charge on any atom is -0.477 e. The normalized spacial score (nSPS) is 10.0. The molecular weight excluding hydrogens is 226 g/mol. The molecule has 0 saturated carbocycles. The number of methoxy groups -OCH3 is 1. The minimum absolute atomic E-state index is 0.0213. The van der Waals surface area contributed by atoms with Gasteiger partial charge in [0.2, 0.25) is 0 Å². The van der Waals surface area contributed by atoms with E-state index in [1.54, 1.807) is 6.92 Å². The minimum atomic E-state index is -1.13. The van der Waals surface area contributed by atoms with Crippen molar-refractivity contribution >= 4 is 18.2 Å². The number of aromatic amines is 1. The number of carbonyl (C=O) groups is 3. The summed E-state index contributed by atoms with van der Waals surface area (Å²) in [5.41, 5.74) is 1.20. The molecule has 0 amide bonds. The molecule has 1 rings (SSSR count). The smallest absolute Gasteiger partial charge is 0.352 e. The van der Waals surface area contributed by atoms with Gasteiger partial charge >= 0.3 is 11.9 Å². The Bertz CT molecular complexity index is 461. The van der Waals surface area contributed by atoms with Gasteiger partial charge in [0, 0.05) is 6.42 Å². The largest absolute Gasteiger partial charge is 0.477 e. The molecule has 0 atom stereocenters. The Morgan fingerprint density at radius 3 is 2.59 bits per heavy atom. The summed E-state index contributed by atoms with van der Waals surface area (Å²) in [5, 5.41) is 8.88. The Morgan fingerprint density at radius 2 is 2.12 bits per heavy atom. The first-order chi connectivity index (χ1) is 8.01. The third-order valence-corrected chi connectivity index (χ3v) is 2.55. The first kappa shape index (κ1) is 13.0. The first-order valence-electron chi connectivity index (χ1n) is 4.98. The molecule has 0 bridgehead atoms. The first-order valence-corrected chi connectivity index (χ1v) is 4.98. The molecule has 0 aliphatic carbocycles. The van der Waals surface area contributed by atoms with Crippen molar-refractivity contribution in [2.45, 2.75) is 19.8 Å². The molecule has 6 heteroatoms. The summed E-state index contributed by atoms with van der Waals surface area (Å²) < 4.78 is 4.49. The maximum Gasteiger partial charge on any atom is 0.352 e. The molecule has 6 nitrogen and oxygen atoms in total. The Balaban J connectivity index is 3.01. The molecule has 0 radical (unpaired) electrons. The third kappa shape index (κ3) is 2.72. The Labute approximate surface area is 97.6 Å². The van der Waals surface area contributed by atoms with E-state index in [4.69, 9.17) is 5.11 Å². The number of hydrogen-bond acceptors (Lipinski definition) is 4. The summed E-state index contributed by atoms with van der Waals surface area (Å²) >= 11 is 0. The number of ether oxygens (including phenoxy) is 1. The van der Waals surface area contributed by atoms with Gasteiger partial charge in [-0.2, -0.15) is 0 Å². The van der Waals surface area contributed by atoms with E-state index in [9.17, 15) is 14.4 Å². The monoisotopic (exact) mass is 239 g/mol. The van der Waals surface area contributed by atoms with Gasteiger partial charge in [0.05, 0.1) is 12.8 Å². The van der Waals surface area contributed by atoms with Crippen molar-refractivity contribution in [1.82, 2.24) is 4.98 Å². The zero-order valence-electron chi connectivity index (χ0n) is 9.57. The fraction of sp³-hybridized carbons (Fsp3) is 0.364. The highest BCUT2D eigenvalue weighted by atomic mass is 16.5. The van der Waals surface area contributed by atoms with Crippen molar-refractivity contribution in [3.05, 3.63) is 22.5 Å². The summed E-state index contributed by atoms with van der Waals surface area (Å²) in [4.78, 5) is 35.2. The number of aldehydes is 1. The molecular formula is C11H13NO5. The molecule has 0 aliphatic heterocycles. The zero-order chi connectivity index (χ0) is 13.0. The van der Waals surface area contributed by atoms with E-state index < -0.39 is 11.9 Å². The highest BCUT2D eigenvalue weighted by Crippen LogP contribution is 2.19. The molecule has 1 heterocycles. The maximum absolute atomic E-state index is 11.0. The number of aromatic carboxylic acids is 1. The lowest BCUT2D eigenvalue weighted by atomic mass is 10.0. The molecule has 0 saturated heterocycles. The average Bonchev–Trinajstić information content (AvgIpc) is 2.63. The second-order valence-electron chi connectivity index (χ2n) is 3.52. The van der Waals surface area contributed by atoms with Gasteiger partial charge in [0.25, 0.3) is 0 Å². The number of hydrogen-bond donors (Lipinski definition) is 2. The summed E-state index contributed by atoms with van der Waals surface area (Å²) in [6.45, 7) is 1.60. The van der Waals surface area contributed by atoms with Crippen LogP contribution in [-0.2, 0) is 16.0 Å². The Kier molecular flexibility index (Phi) is 4.03. The number of carboxylic acid groups (broad SMARTS) is 1. The van der Waals surface area contributed by atoms with E-state index in [2.05, 4.69) is 9.72 Å². The second kappa shape index (κ2) is 5.29.